The van der Waals surface area contributed by atoms with Gasteiger partial charge in [0.2, 0.25) is 0 Å². The van der Waals surface area contributed by atoms with Crippen LogP contribution in [-0.2, 0) is 9.47 Å². The normalized spacial score (nSPS) is 25.4. The highest BCUT2D eigenvalue weighted by molar-refractivity contribution is 7.98. The van der Waals surface area contributed by atoms with Gasteiger partial charge in [0, 0.05) is 17.6 Å². The SMILES string of the molecule is CC(C)(C)SNC1(C(F)(F)CO)CCC2(CC1)OCCO2. The van der Waals surface area contributed by atoms with Crippen molar-refractivity contribution in [2.75, 3.05) is 19.8 Å². The fourth-order valence-electron chi connectivity index (χ4n) is 2.79. The zero-order chi connectivity index (χ0) is 15.8. The van der Waals surface area contributed by atoms with Gasteiger partial charge in [0.05, 0.1) is 18.8 Å². The molecule has 124 valence electrons. The first-order valence-corrected chi connectivity index (χ1v) is 8.17. The number of halogens is 2. The van der Waals surface area contributed by atoms with Gasteiger partial charge in [-0.1, -0.05) is 11.9 Å². The van der Waals surface area contributed by atoms with Gasteiger partial charge in [-0.25, -0.2) is 8.78 Å². The van der Waals surface area contributed by atoms with E-state index in [1.165, 1.54) is 11.9 Å². The Balaban J connectivity index is 2.11. The van der Waals surface area contributed by atoms with Crippen molar-refractivity contribution in [1.82, 2.24) is 4.72 Å². The first kappa shape index (κ1) is 17.4. The third kappa shape index (κ3) is 3.69. The van der Waals surface area contributed by atoms with Gasteiger partial charge in [0.15, 0.2) is 5.79 Å². The number of hydrogen-bond acceptors (Lipinski definition) is 5. The topological polar surface area (TPSA) is 50.7 Å². The van der Waals surface area contributed by atoms with Gasteiger partial charge >= 0.3 is 0 Å². The summed E-state index contributed by atoms with van der Waals surface area (Å²) in [6.07, 6.45) is 1.26. The second kappa shape index (κ2) is 5.92. The van der Waals surface area contributed by atoms with Crippen LogP contribution in [0, 0.1) is 0 Å². The summed E-state index contributed by atoms with van der Waals surface area (Å²) in [6.45, 7) is 5.77. The number of aliphatic hydroxyl groups excluding tert-OH is 1. The minimum atomic E-state index is -3.18. The second-order valence-corrected chi connectivity index (χ2v) is 8.50. The molecular formula is C14H25F2NO3S. The molecule has 0 bridgehead atoms. The molecule has 1 saturated heterocycles. The Morgan fingerprint density at radius 3 is 2.05 bits per heavy atom. The Hall–Kier alpha value is 0.0500. The lowest BCUT2D eigenvalue weighted by Crippen LogP contribution is -2.62. The van der Waals surface area contributed by atoms with Gasteiger partial charge in [-0.3, -0.25) is 4.72 Å². The fraction of sp³-hybridized carbons (Fsp3) is 1.00. The minimum Gasteiger partial charge on any atom is -0.390 e. The molecule has 1 spiro atoms. The number of ether oxygens (including phenoxy) is 2. The van der Waals surface area contributed by atoms with Gasteiger partial charge < -0.3 is 14.6 Å². The lowest BCUT2D eigenvalue weighted by molar-refractivity contribution is -0.210. The molecule has 2 aliphatic rings. The summed E-state index contributed by atoms with van der Waals surface area (Å²) in [7, 11) is 0. The van der Waals surface area contributed by atoms with E-state index in [4.69, 9.17) is 14.6 Å². The van der Waals surface area contributed by atoms with Crippen LogP contribution in [0.2, 0.25) is 0 Å². The lowest BCUT2D eigenvalue weighted by atomic mass is 9.75. The summed E-state index contributed by atoms with van der Waals surface area (Å²) in [5, 5.41) is 9.14. The van der Waals surface area contributed by atoms with Crippen molar-refractivity contribution < 1.29 is 23.4 Å². The Labute approximate surface area is 129 Å². The van der Waals surface area contributed by atoms with Crippen molar-refractivity contribution >= 4 is 11.9 Å². The molecule has 0 aromatic carbocycles. The van der Waals surface area contributed by atoms with E-state index in [1.807, 2.05) is 20.8 Å². The molecule has 21 heavy (non-hydrogen) atoms. The van der Waals surface area contributed by atoms with Crippen LogP contribution in [0.1, 0.15) is 46.5 Å². The average molecular weight is 325 g/mol. The third-order valence-electron chi connectivity index (χ3n) is 4.13. The van der Waals surface area contributed by atoms with Crippen molar-refractivity contribution in [2.45, 2.75) is 68.5 Å². The fourth-order valence-corrected chi connectivity index (χ4v) is 3.64. The predicted octanol–water partition coefficient (Wildman–Crippen LogP) is 2.71. The van der Waals surface area contributed by atoms with E-state index < -0.39 is 23.9 Å². The van der Waals surface area contributed by atoms with Crippen LogP contribution in [0.25, 0.3) is 0 Å². The van der Waals surface area contributed by atoms with Crippen molar-refractivity contribution in [2.24, 2.45) is 0 Å². The van der Waals surface area contributed by atoms with Crippen molar-refractivity contribution in [3.8, 4) is 0 Å². The molecular weight excluding hydrogens is 300 g/mol. The van der Waals surface area contributed by atoms with E-state index in [9.17, 15) is 8.78 Å². The van der Waals surface area contributed by atoms with E-state index in [0.29, 0.717) is 26.1 Å². The van der Waals surface area contributed by atoms with Gasteiger partial charge in [0.1, 0.15) is 6.61 Å². The minimum absolute atomic E-state index is 0.186. The number of alkyl halides is 2. The Morgan fingerprint density at radius 1 is 1.10 bits per heavy atom. The maximum atomic E-state index is 14.3. The van der Waals surface area contributed by atoms with Crippen molar-refractivity contribution in [3.05, 3.63) is 0 Å². The lowest BCUT2D eigenvalue weighted by Gasteiger charge is -2.47. The first-order valence-electron chi connectivity index (χ1n) is 7.36. The molecule has 2 N–H and O–H groups in total. The van der Waals surface area contributed by atoms with Crippen LogP contribution in [0.5, 0.6) is 0 Å². The average Bonchev–Trinajstić information content (AvgIpc) is 2.86. The molecule has 4 nitrogen and oxygen atoms in total. The molecule has 1 aliphatic heterocycles. The maximum Gasteiger partial charge on any atom is 0.289 e. The molecule has 1 aliphatic carbocycles. The van der Waals surface area contributed by atoms with Crippen molar-refractivity contribution in [1.29, 1.82) is 0 Å². The van der Waals surface area contributed by atoms with E-state index in [1.54, 1.807) is 0 Å². The number of aliphatic hydroxyl groups is 1. The summed E-state index contributed by atoms with van der Waals surface area (Å²) in [4.78, 5) is 0. The number of rotatable bonds is 4. The smallest absolute Gasteiger partial charge is 0.289 e. The highest BCUT2D eigenvalue weighted by Gasteiger charge is 2.58. The first-order chi connectivity index (χ1) is 9.64. The molecule has 0 atom stereocenters. The van der Waals surface area contributed by atoms with Crippen molar-refractivity contribution in [3.63, 3.8) is 0 Å². The van der Waals surface area contributed by atoms with E-state index in [2.05, 4.69) is 4.72 Å². The van der Waals surface area contributed by atoms with Crippen LogP contribution >= 0.6 is 11.9 Å². The largest absolute Gasteiger partial charge is 0.390 e. The standard InChI is InChI=1S/C14H25F2NO3S/c1-11(2,3)21-17-12(14(15,16)10-18)4-6-13(7-5-12)19-8-9-20-13/h17-18H,4-10H2,1-3H3. The summed E-state index contributed by atoms with van der Waals surface area (Å²) in [5.74, 6) is -3.87. The summed E-state index contributed by atoms with van der Waals surface area (Å²) in [6, 6.07) is 0. The molecule has 0 amide bonds. The van der Waals surface area contributed by atoms with Crippen LogP contribution < -0.4 is 4.72 Å². The quantitative estimate of drug-likeness (QED) is 0.779. The monoisotopic (exact) mass is 325 g/mol. The highest BCUT2D eigenvalue weighted by Crippen LogP contribution is 2.48. The number of hydrogen-bond donors (Lipinski definition) is 2. The molecule has 0 unspecified atom stereocenters. The highest BCUT2D eigenvalue weighted by atomic mass is 32.2. The molecule has 1 heterocycles. The zero-order valence-corrected chi connectivity index (χ0v) is 13.7. The van der Waals surface area contributed by atoms with Gasteiger partial charge in [0.25, 0.3) is 5.92 Å². The van der Waals surface area contributed by atoms with Crippen LogP contribution in [-0.4, -0.2) is 46.9 Å². The molecule has 0 aromatic rings. The molecule has 1 saturated carbocycles. The van der Waals surface area contributed by atoms with E-state index in [-0.39, 0.29) is 17.6 Å². The van der Waals surface area contributed by atoms with Crippen LogP contribution in [0.4, 0.5) is 8.78 Å². The van der Waals surface area contributed by atoms with Gasteiger partial charge in [-0.15, -0.1) is 0 Å². The maximum absolute atomic E-state index is 14.3. The summed E-state index contributed by atoms with van der Waals surface area (Å²) < 4.78 is 42.7. The summed E-state index contributed by atoms with van der Waals surface area (Å²) >= 11 is 1.29. The van der Waals surface area contributed by atoms with E-state index in [0.717, 1.165) is 0 Å². The Kier molecular flexibility index (Phi) is 4.91. The summed E-state index contributed by atoms with van der Waals surface area (Å²) in [5.41, 5.74) is -1.42. The number of nitrogens with one attached hydrogen (secondary N) is 1. The molecule has 7 heteroatoms. The third-order valence-corrected chi connectivity index (χ3v) is 5.24. The molecule has 2 rings (SSSR count). The van der Waals surface area contributed by atoms with Gasteiger partial charge in [-0.05, 0) is 33.6 Å². The molecule has 2 fully saturated rings. The van der Waals surface area contributed by atoms with Crippen LogP contribution in [0.15, 0.2) is 0 Å². The van der Waals surface area contributed by atoms with Crippen LogP contribution in [0.3, 0.4) is 0 Å². The van der Waals surface area contributed by atoms with E-state index >= 15 is 0 Å². The predicted molar refractivity (Wildman–Crippen MR) is 78.3 cm³/mol. The Morgan fingerprint density at radius 2 is 1.62 bits per heavy atom. The Bertz CT molecular complexity index is 358. The second-order valence-electron chi connectivity index (χ2n) is 6.87. The molecule has 0 radical (unpaired) electrons. The van der Waals surface area contributed by atoms with Gasteiger partial charge in [-0.2, -0.15) is 0 Å². The molecule has 0 aromatic heterocycles. The zero-order valence-electron chi connectivity index (χ0n) is 12.9.